The minimum absolute atomic E-state index is 0. The Morgan fingerprint density at radius 3 is 2.57 bits per heavy atom. The summed E-state index contributed by atoms with van der Waals surface area (Å²) < 4.78 is 0. The molecule has 0 spiro atoms. The second kappa shape index (κ2) is 9.73. The predicted octanol–water partition coefficient (Wildman–Crippen LogP) is 2.99. The van der Waals surface area contributed by atoms with Gasteiger partial charge in [-0.2, -0.15) is 0 Å². The van der Waals surface area contributed by atoms with Crippen LogP contribution >= 0.6 is 36.2 Å². The zero-order valence-electron chi connectivity index (χ0n) is 11.8. The van der Waals surface area contributed by atoms with E-state index in [0.29, 0.717) is 12.2 Å². The summed E-state index contributed by atoms with van der Waals surface area (Å²) >= 11 is 1.48. The fourth-order valence-electron chi connectivity index (χ4n) is 1.53. The summed E-state index contributed by atoms with van der Waals surface area (Å²) in [4.78, 5) is 16.3. The highest BCUT2D eigenvalue weighted by atomic mass is 35.5. The third-order valence-corrected chi connectivity index (χ3v) is 3.71. The van der Waals surface area contributed by atoms with Gasteiger partial charge in [-0.25, -0.2) is 4.98 Å². The third kappa shape index (κ3) is 5.63. The lowest BCUT2D eigenvalue weighted by Gasteiger charge is -2.10. The molecule has 1 aromatic heterocycles. The van der Waals surface area contributed by atoms with Crippen molar-refractivity contribution in [3.63, 3.8) is 0 Å². The van der Waals surface area contributed by atoms with Crippen molar-refractivity contribution in [2.24, 2.45) is 0 Å². The second-order valence-corrected chi connectivity index (χ2v) is 5.16. The molecule has 116 valence electrons. The summed E-state index contributed by atoms with van der Waals surface area (Å²) in [5.74, 6) is -0.125. The van der Waals surface area contributed by atoms with Gasteiger partial charge in [-0.3, -0.25) is 4.79 Å². The maximum Gasteiger partial charge on any atom is 0.270 e. The fourth-order valence-corrected chi connectivity index (χ4v) is 2.34. The topological polar surface area (TPSA) is 54.0 Å². The Hall–Kier alpha value is -1.14. The second-order valence-electron chi connectivity index (χ2n) is 4.30. The van der Waals surface area contributed by atoms with E-state index in [1.165, 1.54) is 11.3 Å². The number of nitrogens with one attached hydrogen (secondary N) is 2. The van der Waals surface area contributed by atoms with E-state index in [0.717, 1.165) is 10.6 Å². The van der Waals surface area contributed by atoms with Gasteiger partial charge in [0.05, 0.1) is 0 Å². The van der Waals surface area contributed by atoms with Gasteiger partial charge < -0.3 is 10.6 Å². The van der Waals surface area contributed by atoms with Crippen LogP contribution in [-0.4, -0.2) is 30.5 Å². The van der Waals surface area contributed by atoms with Crippen molar-refractivity contribution < 1.29 is 4.79 Å². The van der Waals surface area contributed by atoms with E-state index < -0.39 is 0 Å². The van der Waals surface area contributed by atoms with Crippen molar-refractivity contribution >= 4 is 42.1 Å². The van der Waals surface area contributed by atoms with Crippen LogP contribution < -0.4 is 10.6 Å². The number of hydrogen-bond acceptors (Lipinski definition) is 4. The number of hydrogen-bond donors (Lipinski definition) is 2. The monoisotopic (exact) mass is 347 g/mol. The molecule has 0 aliphatic carbocycles. The maximum atomic E-state index is 11.9. The van der Waals surface area contributed by atoms with Crippen molar-refractivity contribution in [3.8, 4) is 10.6 Å². The molecule has 0 aliphatic rings. The van der Waals surface area contributed by atoms with Gasteiger partial charge in [-0.05, 0) is 14.0 Å². The first kappa shape index (κ1) is 19.9. The molecule has 0 aliphatic heterocycles. The minimum atomic E-state index is -0.125. The Balaban J connectivity index is 0.00000200. The molecular formula is C14H19Cl2N3OS. The van der Waals surface area contributed by atoms with E-state index in [1.807, 2.05) is 44.3 Å². The van der Waals surface area contributed by atoms with Crippen LogP contribution in [0.2, 0.25) is 0 Å². The Kier molecular flexibility index (Phi) is 9.21. The highest BCUT2D eigenvalue weighted by Crippen LogP contribution is 2.23. The summed E-state index contributed by atoms with van der Waals surface area (Å²) in [7, 11) is 1.87. The number of carbonyl (C=O) groups excluding carboxylic acids is 1. The van der Waals surface area contributed by atoms with Gasteiger partial charge in [0.25, 0.3) is 5.91 Å². The van der Waals surface area contributed by atoms with E-state index in [4.69, 9.17) is 0 Å². The maximum absolute atomic E-state index is 11.9. The number of aromatic nitrogens is 1. The zero-order chi connectivity index (χ0) is 13.7. The number of carbonyl (C=O) groups is 1. The molecule has 0 saturated heterocycles. The largest absolute Gasteiger partial charge is 0.349 e. The van der Waals surface area contributed by atoms with Crippen LogP contribution in [0.5, 0.6) is 0 Å². The molecule has 1 unspecified atom stereocenters. The molecule has 2 aromatic rings. The number of likely N-dealkylation sites (N-methyl/N-ethyl adjacent to an activating group) is 1. The van der Waals surface area contributed by atoms with Crippen LogP contribution in [0.1, 0.15) is 17.4 Å². The predicted molar refractivity (Wildman–Crippen MR) is 92.9 cm³/mol. The van der Waals surface area contributed by atoms with Crippen LogP contribution in [0.15, 0.2) is 35.7 Å². The lowest BCUT2D eigenvalue weighted by molar-refractivity contribution is 0.0946. The van der Waals surface area contributed by atoms with Gasteiger partial charge in [0.15, 0.2) is 0 Å². The smallest absolute Gasteiger partial charge is 0.270 e. The summed E-state index contributed by atoms with van der Waals surface area (Å²) in [6.45, 7) is 2.60. The Bertz CT molecular complexity index is 548. The third-order valence-electron chi connectivity index (χ3n) is 2.82. The fraction of sp³-hybridized carbons (Fsp3) is 0.286. The van der Waals surface area contributed by atoms with Crippen LogP contribution in [0.25, 0.3) is 10.6 Å². The molecule has 1 aromatic carbocycles. The first-order valence-electron chi connectivity index (χ1n) is 6.17. The lowest BCUT2D eigenvalue weighted by Crippen LogP contribution is -2.37. The normalized spacial score (nSPS) is 11.0. The molecule has 7 heteroatoms. The molecule has 1 atom stereocenters. The lowest BCUT2D eigenvalue weighted by atomic mass is 10.2. The molecule has 1 heterocycles. The zero-order valence-corrected chi connectivity index (χ0v) is 14.3. The van der Waals surface area contributed by atoms with Gasteiger partial charge in [-0.1, -0.05) is 30.3 Å². The summed E-state index contributed by atoms with van der Waals surface area (Å²) in [6.07, 6.45) is 0. The van der Waals surface area contributed by atoms with Gasteiger partial charge in [0, 0.05) is 23.5 Å². The number of nitrogens with zero attached hydrogens (tertiary/aromatic N) is 1. The average molecular weight is 348 g/mol. The van der Waals surface area contributed by atoms with E-state index in [-0.39, 0.29) is 36.8 Å². The standard InChI is InChI=1S/C14H17N3OS.2ClH/c1-10(15-2)8-16-13(18)12-9-19-14(17-12)11-6-4-3-5-7-11;;/h3-7,9-10,15H,8H2,1-2H3,(H,16,18);2*1H. The van der Waals surface area contributed by atoms with Crippen molar-refractivity contribution in [2.75, 3.05) is 13.6 Å². The number of amides is 1. The molecule has 2 rings (SSSR count). The molecule has 0 fully saturated rings. The minimum Gasteiger partial charge on any atom is -0.349 e. The molecule has 21 heavy (non-hydrogen) atoms. The highest BCUT2D eigenvalue weighted by molar-refractivity contribution is 7.13. The van der Waals surface area contributed by atoms with Crippen LogP contribution in [-0.2, 0) is 0 Å². The Morgan fingerprint density at radius 1 is 1.29 bits per heavy atom. The van der Waals surface area contributed by atoms with E-state index in [1.54, 1.807) is 5.38 Å². The van der Waals surface area contributed by atoms with E-state index in [2.05, 4.69) is 15.6 Å². The number of rotatable bonds is 5. The van der Waals surface area contributed by atoms with Gasteiger partial charge in [0.2, 0.25) is 0 Å². The van der Waals surface area contributed by atoms with E-state index in [9.17, 15) is 4.79 Å². The number of thiazole rings is 1. The molecule has 4 nitrogen and oxygen atoms in total. The van der Waals surface area contributed by atoms with E-state index >= 15 is 0 Å². The van der Waals surface area contributed by atoms with Gasteiger partial charge >= 0.3 is 0 Å². The molecule has 0 saturated carbocycles. The van der Waals surface area contributed by atoms with Crippen LogP contribution in [0.4, 0.5) is 0 Å². The first-order chi connectivity index (χ1) is 9.20. The summed E-state index contributed by atoms with van der Waals surface area (Å²) in [5, 5.41) is 8.59. The molecule has 1 amide bonds. The Morgan fingerprint density at radius 2 is 1.95 bits per heavy atom. The average Bonchev–Trinajstić information content (AvgIpc) is 2.95. The van der Waals surface area contributed by atoms with Gasteiger partial charge in [0.1, 0.15) is 10.7 Å². The van der Waals surface area contributed by atoms with Crippen molar-refractivity contribution in [1.29, 1.82) is 0 Å². The van der Waals surface area contributed by atoms with Crippen molar-refractivity contribution in [2.45, 2.75) is 13.0 Å². The van der Waals surface area contributed by atoms with Gasteiger partial charge in [-0.15, -0.1) is 36.2 Å². The first-order valence-corrected chi connectivity index (χ1v) is 7.05. The molecule has 2 N–H and O–H groups in total. The Labute approximate surface area is 141 Å². The summed E-state index contributed by atoms with van der Waals surface area (Å²) in [6, 6.07) is 10.1. The quantitative estimate of drug-likeness (QED) is 0.873. The van der Waals surface area contributed by atoms with Crippen LogP contribution in [0, 0.1) is 0 Å². The van der Waals surface area contributed by atoms with Crippen molar-refractivity contribution in [3.05, 3.63) is 41.4 Å². The molecule has 0 radical (unpaired) electrons. The van der Waals surface area contributed by atoms with Crippen molar-refractivity contribution in [1.82, 2.24) is 15.6 Å². The van der Waals surface area contributed by atoms with Crippen LogP contribution in [0.3, 0.4) is 0 Å². The SMILES string of the molecule is CNC(C)CNC(=O)c1csc(-c2ccccc2)n1.Cl.Cl. The molecular weight excluding hydrogens is 329 g/mol. The molecule has 0 bridgehead atoms. The number of benzene rings is 1. The highest BCUT2D eigenvalue weighted by Gasteiger charge is 2.12. The number of halogens is 2. The summed E-state index contributed by atoms with van der Waals surface area (Å²) in [5.41, 5.74) is 1.52.